The summed E-state index contributed by atoms with van der Waals surface area (Å²) in [5.41, 5.74) is 0. The predicted octanol–water partition coefficient (Wildman–Crippen LogP) is 3.21. The molecule has 0 aliphatic rings. The Balaban J connectivity index is 2.69. The molecule has 0 aromatic carbocycles. The Morgan fingerprint density at radius 3 is 2.00 bits per heavy atom. The number of hydrogen-bond donors (Lipinski definition) is 0. The van der Waals surface area contributed by atoms with Crippen LogP contribution in [0.15, 0.2) is 0 Å². The van der Waals surface area contributed by atoms with Gasteiger partial charge in [0, 0.05) is 19.6 Å². The van der Waals surface area contributed by atoms with Gasteiger partial charge in [-0.3, -0.25) is 0 Å². The quantitative estimate of drug-likeness (QED) is 0.410. The molecule has 2 heteroatoms. The highest BCUT2D eigenvalue weighted by Crippen LogP contribution is 2.05. The molecule has 0 spiro atoms. The van der Waals surface area contributed by atoms with Gasteiger partial charge >= 0.3 is 0 Å². The smallest absolute Gasteiger partial charge is 0.0462 e. The lowest BCUT2D eigenvalue weighted by Crippen LogP contribution is -1.88. The molecule has 0 fully saturated rings. The Morgan fingerprint density at radius 2 is 1.45 bits per heavy atom. The first-order chi connectivity index (χ1) is 5.41. The van der Waals surface area contributed by atoms with Crippen LogP contribution in [0, 0.1) is 0 Å². The van der Waals surface area contributed by atoms with Gasteiger partial charge in [0.15, 0.2) is 0 Å². The third kappa shape index (κ3) is 10.2. The van der Waals surface area contributed by atoms with Crippen molar-refractivity contribution in [2.75, 3.05) is 19.6 Å². The molecule has 0 N–H and O–H groups in total. The van der Waals surface area contributed by atoms with E-state index in [2.05, 4.69) is 0 Å². The van der Waals surface area contributed by atoms with Crippen molar-refractivity contribution in [2.24, 2.45) is 0 Å². The standard InChI is InChI=1S/C9H19ClO/c1-11-9-7-5-3-2-4-6-8-10/h2-9H2,1H3. The van der Waals surface area contributed by atoms with Crippen molar-refractivity contribution in [2.45, 2.75) is 38.5 Å². The molecule has 0 atom stereocenters. The summed E-state index contributed by atoms with van der Waals surface area (Å²) >= 11 is 5.54. The molecule has 0 radical (unpaired) electrons. The highest BCUT2D eigenvalue weighted by molar-refractivity contribution is 6.17. The highest BCUT2D eigenvalue weighted by atomic mass is 35.5. The van der Waals surface area contributed by atoms with Gasteiger partial charge in [-0.15, -0.1) is 11.6 Å². The second kappa shape index (κ2) is 10.2. The topological polar surface area (TPSA) is 9.23 Å². The zero-order chi connectivity index (χ0) is 8.36. The Hall–Kier alpha value is 0.250. The number of methoxy groups -OCH3 is 1. The molecule has 0 saturated carbocycles. The van der Waals surface area contributed by atoms with Crippen LogP contribution in [0.3, 0.4) is 0 Å². The maximum Gasteiger partial charge on any atom is 0.0462 e. The lowest BCUT2D eigenvalue weighted by atomic mass is 10.1. The van der Waals surface area contributed by atoms with E-state index >= 15 is 0 Å². The minimum atomic E-state index is 0.818. The van der Waals surface area contributed by atoms with Crippen molar-refractivity contribution in [3.63, 3.8) is 0 Å². The van der Waals surface area contributed by atoms with Crippen molar-refractivity contribution in [3.8, 4) is 0 Å². The first-order valence-electron chi connectivity index (χ1n) is 4.46. The number of halogens is 1. The number of rotatable bonds is 8. The minimum absolute atomic E-state index is 0.818. The summed E-state index contributed by atoms with van der Waals surface area (Å²) in [7, 11) is 1.76. The molecular weight excluding hydrogens is 160 g/mol. The summed E-state index contributed by atoms with van der Waals surface area (Å²) in [5, 5.41) is 0. The van der Waals surface area contributed by atoms with Gasteiger partial charge in [-0.05, 0) is 12.8 Å². The third-order valence-corrected chi connectivity index (χ3v) is 2.00. The second-order valence-electron chi connectivity index (χ2n) is 2.80. The number of unbranched alkanes of at least 4 members (excludes halogenated alkanes) is 5. The molecular formula is C9H19ClO. The number of hydrogen-bond acceptors (Lipinski definition) is 1. The zero-order valence-corrected chi connectivity index (χ0v) is 8.20. The van der Waals surface area contributed by atoms with Crippen molar-refractivity contribution < 1.29 is 4.74 Å². The van der Waals surface area contributed by atoms with Crippen LogP contribution in [0.2, 0.25) is 0 Å². The van der Waals surface area contributed by atoms with Crippen molar-refractivity contribution >= 4 is 11.6 Å². The van der Waals surface area contributed by atoms with Gasteiger partial charge < -0.3 is 4.74 Å². The highest BCUT2D eigenvalue weighted by Gasteiger charge is 1.89. The Morgan fingerprint density at radius 1 is 0.909 bits per heavy atom. The van der Waals surface area contributed by atoms with E-state index in [4.69, 9.17) is 16.3 Å². The van der Waals surface area contributed by atoms with E-state index in [0.29, 0.717) is 0 Å². The average Bonchev–Trinajstić information content (AvgIpc) is 2.03. The summed E-state index contributed by atoms with van der Waals surface area (Å²) in [6.07, 6.45) is 7.63. The molecule has 0 bridgehead atoms. The largest absolute Gasteiger partial charge is 0.385 e. The molecule has 0 unspecified atom stereocenters. The molecule has 0 saturated heterocycles. The van der Waals surface area contributed by atoms with E-state index in [1.807, 2.05) is 0 Å². The fourth-order valence-corrected chi connectivity index (χ4v) is 1.24. The summed E-state index contributed by atoms with van der Waals surface area (Å²) < 4.78 is 4.95. The van der Waals surface area contributed by atoms with Crippen molar-refractivity contribution in [1.29, 1.82) is 0 Å². The second-order valence-corrected chi connectivity index (χ2v) is 3.18. The third-order valence-electron chi connectivity index (χ3n) is 1.73. The summed E-state index contributed by atoms with van der Waals surface area (Å²) in [6, 6.07) is 0. The summed E-state index contributed by atoms with van der Waals surface area (Å²) in [4.78, 5) is 0. The van der Waals surface area contributed by atoms with Crippen LogP contribution in [0.4, 0.5) is 0 Å². The minimum Gasteiger partial charge on any atom is -0.385 e. The average molecular weight is 179 g/mol. The summed E-state index contributed by atoms with van der Waals surface area (Å²) in [6.45, 7) is 0.912. The molecule has 11 heavy (non-hydrogen) atoms. The van der Waals surface area contributed by atoms with Crippen molar-refractivity contribution in [3.05, 3.63) is 0 Å². The first kappa shape index (κ1) is 11.2. The molecule has 0 aromatic heterocycles. The van der Waals surface area contributed by atoms with Gasteiger partial charge in [0.05, 0.1) is 0 Å². The molecule has 1 nitrogen and oxygen atoms in total. The van der Waals surface area contributed by atoms with Crippen LogP contribution in [0.1, 0.15) is 38.5 Å². The predicted molar refractivity (Wildman–Crippen MR) is 50.3 cm³/mol. The van der Waals surface area contributed by atoms with Crippen LogP contribution < -0.4 is 0 Å². The van der Waals surface area contributed by atoms with E-state index in [9.17, 15) is 0 Å². The van der Waals surface area contributed by atoms with Gasteiger partial charge in [-0.2, -0.15) is 0 Å². The van der Waals surface area contributed by atoms with Crippen LogP contribution in [-0.2, 0) is 4.74 Å². The van der Waals surface area contributed by atoms with Crippen molar-refractivity contribution in [1.82, 2.24) is 0 Å². The van der Waals surface area contributed by atoms with E-state index < -0.39 is 0 Å². The summed E-state index contributed by atoms with van der Waals surface area (Å²) in [5.74, 6) is 0.818. The van der Waals surface area contributed by atoms with Gasteiger partial charge in [0.1, 0.15) is 0 Å². The van der Waals surface area contributed by atoms with E-state index in [1.54, 1.807) is 7.11 Å². The van der Waals surface area contributed by atoms with Crippen LogP contribution in [0.25, 0.3) is 0 Å². The Bertz CT molecular complexity index is 58.6. The van der Waals surface area contributed by atoms with E-state index in [1.165, 1.54) is 38.5 Å². The van der Waals surface area contributed by atoms with E-state index in [0.717, 1.165) is 12.5 Å². The fraction of sp³-hybridized carbons (Fsp3) is 1.00. The van der Waals surface area contributed by atoms with E-state index in [-0.39, 0.29) is 0 Å². The SMILES string of the molecule is COCCCCCCCCCl. The zero-order valence-electron chi connectivity index (χ0n) is 7.44. The molecule has 0 heterocycles. The maximum atomic E-state index is 5.54. The number of ether oxygens (including phenoxy) is 1. The molecule has 0 aliphatic carbocycles. The lowest BCUT2D eigenvalue weighted by molar-refractivity contribution is 0.192. The Labute approximate surface area is 75.1 Å². The fourth-order valence-electron chi connectivity index (χ4n) is 1.05. The molecule has 68 valence electrons. The normalized spacial score (nSPS) is 10.4. The monoisotopic (exact) mass is 178 g/mol. The lowest BCUT2D eigenvalue weighted by Gasteiger charge is -1.99. The van der Waals surface area contributed by atoms with Crippen LogP contribution in [-0.4, -0.2) is 19.6 Å². The van der Waals surface area contributed by atoms with Crippen LogP contribution >= 0.6 is 11.6 Å². The molecule has 0 aromatic rings. The van der Waals surface area contributed by atoms with Gasteiger partial charge in [0.25, 0.3) is 0 Å². The van der Waals surface area contributed by atoms with Gasteiger partial charge in [-0.25, -0.2) is 0 Å². The molecule has 0 aliphatic heterocycles. The number of alkyl halides is 1. The first-order valence-corrected chi connectivity index (χ1v) is 5.00. The Kier molecular flexibility index (Phi) is 10.5. The van der Waals surface area contributed by atoms with Gasteiger partial charge in [0.2, 0.25) is 0 Å². The molecule has 0 rings (SSSR count). The van der Waals surface area contributed by atoms with Gasteiger partial charge in [-0.1, -0.05) is 25.7 Å². The molecule has 0 amide bonds. The van der Waals surface area contributed by atoms with Crippen LogP contribution in [0.5, 0.6) is 0 Å². The maximum absolute atomic E-state index is 5.54.